The van der Waals surface area contributed by atoms with E-state index in [4.69, 9.17) is 5.11 Å². The van der Waals surface area contributed by atoms with Crippen LogP contribution in [-0.2, 0) is 4.79 Å². The Balaban J connectivity index is 2.23. The molecule has 0 fully saturated rings. The highest BCUT2D eigenvalue weighted by molar-refractivity contribution is 7.99. The number of carbonyl (C=O) groups is 1. The van der Waals surface area contributed by atoms with E-state index in [1.165, 1.54) is 0 Å². The third kappa shape index (κ3) is 2.83. The first-order valence-corrected chi connectivity index (χ1v) is 6.13. The summed E-state index contributed by atoms with van der Waals surface area (Å²) in [5, 5.41) is 23.6. The van der Waals surface area contributed by atoms with Gasteiger partial charge >= 0.3 is 5.97 Å². The maximum absolute atomic E-state index is 10.4. The maximum atomic E-state index is 10.4. The fraction of sp³-hybridized carbons (Fsp3) is 0.300. The van der Waals surface area contributed by atoms with Crippen LogP contribution in [0.25, 0.3) is 11.4 Å². The lowest BCUT2D eigenvalue weighted by Crippen LogP contribution is -1.97. The lowest BCUT2D eigenvalue weighted by Gasteiger charge is -2.00. The van der Waals surface area contributed by atoms with E-state index >= 15 is 0 Å². The third-order valence-corrected chi connectivity index (χ3v) is 2.98. The molecule has 0 saturated carbocycles. The molecule has 2 heterocycles. The largest absolute Gasteiger partial charge is 0.481 e. The summed E-state index contributed by atoms with van der Waals surface area (Å²) < 4.78 is 0. The number of aromatic nitrogens is 5. The van der Waals surface area contributed by atoms with Crippen molar-refractivity contribution >= 4 is 17.7 Å². The average Bonchev–Trinajstić information content (AvgIpc) is 2.78. The summed E-state index contributed by atoms with van der Waals surface area (Å²) in [5.41, 5.74) is 2.34. The number of carboxylic acid groups (broad SMARTS) is 1. The first kappa shape index (κ1) is 12.5. The predicted molar refractivity (Wildman–Crippen MR) is 65.2 cm³/mol. The number of nitrogens with one attached hydrogen (secondary N) is 1. The van der Waals surface area contributed by atoms with Crippen LogP contribution in [0.15, 0.2) is 11.2 Å². The number of H-pyrrole nitrogens is 1. The molecule has 0 aromatic carbocycles. The van der Waals surface area contributed by atoms with E-state index in [1.54, 1.807) is 0 Å². The lowest BCUT2D eigenvalue weighted by atomic mass is 10.2. The number of aliphatic carboxylic acids is 1. The van der Waals surface area contributed by atoms with Gasteiger partial charge in [-0.2, -0.15) is 10.2 Å². The Bertz CT molecular complexity index is 583. The van der Waals surface area contributed by atoms with Crippen molar-refractivity contribution in [1.29, 1.82) is 0 Å². The number of nitrogens with zero attached hydrogens (tertiary/aromatic N) is 4. The van der Waals surface area contributed by atoms with Crippen molar-refractivity contribution in [3.8, 4) is 11.4 Å². The van der Waals surface area contributed by atoms with Crippen LogP contribution >= 0.6 is 11.8 Å². The van der Waals surface area contributed by atoms with Crippen molar-refractivity contribution < 1.29 is 9.90 Å². The van der Waals surface area contributed by atoms with Crippen LogP contribution in [0.3, 0.4) is 0 Å². The fourth-order valence-corrected chi connectivity index (χ4v) is 1.87. The molecule has 0 spiro atoms. The second-order valence-electron chi connectivity index (χ2n) is 3.63. The van der Waals surface area contributed by atoms with Gasteiger partial charge in [0, 0.05) is 5.56 Å². The smallest absolute Gasteiger partial charge is 0.313 e. The predicted octanol–water partition coefficient (Wildman–Crippen LogP) is 1.06. The van der Waals surface area contributed by atoms with E-state index in [9.17, 15) is 4.79 Å². The molecule has 0 saturated heterocycles. The zero-order valence-electron chi connectivity index (χ0n) is 9.84. The Morgan fingerprint density at radius 1 is 1.44 bits per heavy atom. The van der Waals surface area contributed by atoms with Gasteiger partial charge in [-0.15, -0.1) is 5.10 Å². The van der Waals surface area contributed by atoms with Crippen LogP contribution in [-0.4, -0.2) is 42.2 Å². The quantitative estimate of drug-likeness (QED) is 0.796. The molecule has 0 atom stereocenters. The van der Waals surface area contributed by atoms with Gasteiger partial charge in [0.2, 0.25) is 5.16 Å². The maximum Gasteiger partial charge on any atom is 0.313 e. The normalized spacial score (nSPS) is 10.6. The van der Waals surface area contributed by atoms with Crippen molar-refractivity contribution in [2.75, 3.05) is 5.75 Å². The van der Waals surface area contributed by atoms with E-state index in [0.29, 0.717) is 11.0 Å². The van der Waals surface area contributed by atoms with Crippen LogP contribution in [0, 0.1) is 13.8 Å². The summed E-state index contributed by atoms with van der Waals surface area (Å²) >= 11 is 1.07. The van der Waals surface area contributed by atoms with Gasteiger partial charge in [0.05, 0.1) is 17.1 Å². The van der Waals surface area contributed by atoms with Crippen molar-refractivity contribution in [2.24, 2.45) is 0 Å². The van der Waals surface area contributed by atoms with Gasteiger partial charge in [-0.3, -0.25) is 9.89 Å². The second kappa shape index (κ2) is 5.13. The summed E-state index contributed by atoms with van der Waals surface area (Å²) in [6.07, 6.45) is 0. The Morgan fingerprint density at radius 3 is 2.94 bits per heavy atom. The molecule has 0 radical (unpaired) electrons. The van der Waals surface area contributed by atoms with Crippen LogP contribution in [0.1, 0.15) is 11.4 Å². The van der Waals surface area contributed by atoms with E-state index in [-0.39, 0.29) is 5.75 Å². The van der Waals surface area contributed by atoms with Crippen molar-refractivity contribution in [2.45, 2.75) is 19.0 Å². The SMILES string of the molecule is Cc1cc(-c2nc(SCC(=O)O)n[nH]2)c(C)nn1. The van der Waals surface area contributed by atoms with Crippen LogP contribution < -0.4 is 0 Å². The molecule has 0 aliphatic heterocycles. The molecule has 0 amide bonds. The Kier molecular flexibility index (Phi) is 3.56. The van der Waals surface area contributed by atoms with E-state index in [1.807, 2.05) is 19.9 Å². The molecule has 2 N–H and O–H groups in total. The monoisotopic (exact) mass is 265 g/mol. The van der Waals surface area contributed by atoms with Crippen molar-refractivity contribution in [1.82, 2.24) is 25.4 Å². The highest BCUT2D eigenvalue weighted by Gasteiger charge is 2.11. The number of carboxylic acids is 1. The van der Waals surface area contributed by atoms with Gasteiger partial charge in [0.1, 0.15) is 0 Å². The first-order valence-electron chi connectivity index (χ1n) is 5.14. The number of hydrogen-bond donors (Lipinski definition) is 2. The highest BCUT2D eigenvalue weighted by Crippen LogP contribution is 2.21. The summed E-state index contributed by atoms with van der Waals surface area (Å²) in [4.78, 5) is 14.7. The molecule has 2 aromatic heterocycles. The van der Waals surface area contributed by atoms with Gasteiger partial charge in [-0.1, -0.05) is 11.8 Å². The Hall–Kier alpha value is -1.96. The standard InChI is InChI=1S/C10H11N5O2S/c1-5-3-7(6(2)13-12-5)9-11-10(15-14-9)18-4-8(16)17/h3H,4H2,1-2H3,(H,16,17)(H,11,14,15). The topological polar surface area (TPSA) is 105 Å². The Morgan fingerprint density at radius 2 is 2.22 bits per heavy atom. The molecular formula is C10H11N5O2S. The van der Waals surface area contributed by atoms with Gasteiger partial charge in [-0.05, 0) is 19.9 Å². The molecule has 0 aliphatic carbocycles. The van der Waals surface area contributed by atoms with E-state index < -0.39 is 5.97 Å². The minimum Gasteiger partial charge on any atom is -0.481 e. The van der Waals surface area contributed by atoms with Gasteiger partial charge in [0.25, 0.3) is 0 Å². The van der Waals surface area contributed by atoms with Crippen molar-refractivity contribution in [3.63, 3.8) is 0 Å². The zero-order chi connectivity index (χ0) is 13.1. The third-order valence-electron chi connectivity index (χ3n) is 2.15. The minimum absolute atomic E-state index is 0.0656. The molecule has 94 valence electrons. The molecular weight excluding hydrogens is 254 g/mol. The molecule has 18 heavy (non-hydrogen) atoms. The van der Waals surface area contributed by atoms with Gasteiger partial charge in [0.15, 0.2) is 5.82 Å². The van der Waals surface area contributed by atoms with Gasteiger partial charge in [-0.25, -0.2) is 4.98 Å². The number of aromatic amines is 1. The second-order valence-corrected chi connectivity index (χ2v) is 4.58. The molecule has 8 heteroatoms. The molecule has 2 aromatic rings. The summed E-state index contributed by atoms with van der Waals surface area (Å²) in [6, 6.07) is 1.86. The molecule has 2 rings (SSSR count). The average molecular weight is 265 g/mol. The number of thioether (sulfide) groups is 1. The lowest BCUT2D eigenvalue weighted by molar-refractivity contribution is -0.133. The number of hydrogen-bond acceptors (Lipinski definition) is 6. The van der Waals surface area contributed by atoms with E-state index in [2.05, 4.69) is 25.4 Å². The fourth-order valence-electron chi connectivity index (χ4n) is 1.35. The van der Waals surface area contributed by atoms with Gasteiger partial charge < -0.3 is 5.11 Å². The minimum atomic E-state index is -0.899. The summed E-state index contributed by atoms with van der Waals surface area (Å²) in [6.45, 7) is 3.67. The van der Waals surface area contributed by atoms with E-state index in [0.717, 1.165) is 28.7 Å². The molecule has 0 unspecified atom stereocenters. The van der Waals surface area contributed by atoms with Crippen molar-refractivity contribution in [3.05, 3.63) is 17.5 Å². The highest BCUT2D eigenvalue weighted by atomic mass is 32.2. The first-order chi connectivity index (χ1) is 8.56. The Labute approximate surface area is 107 Å². The number of aryl methyl sites for hydroxylation is 2. The summed E-state index contributed by atoms with van der Waals surface area (Å²) in [5.74, 6) is -0.397. The zero-order valence-corrected chi connectivity index (χ0v) is 10.7. The molecule has 7 nitrogen and oxygen atoms in total. The molecule has 0 bridgehead atoms. The van der Waals surface area contributed by atoms with Crippen LogP contribution in [0.2, 0.25) is 0 Å². The summed E-state index contributed by atoms with van der Waals surface area (Å²) in [7, 11) is 0. The number of rotatable bonds is 4. The molecule has 0 aliphatic rings. The van der Waals surface area contributed by atoms with Crippen LogP contribution in [0.5, 0.6) is 0 Å². The van der Waals surface area contributed by atoms with Crippen LogP contribution in [0.4, 0.5) is 0 Å².